The minimum Gasteiger partial charge on any atom is -0.352 e. The lowest BCUT2D eigenvalue weighted by atomic mass is 10.1. The maximum atomic E-state index is 12.9. The number of rotatable bonds is 9. The quantitative estimate of drug-likeness (QED) is 0.449. The van der Waals surface area contributed by atoms with Gasteiger partial charge >= 0.3 is 0 Å². The lowest BCUT2D eigenvalue weighted by Crippen LogP contribution is -2.46. The molecule has 170 valence electrons. The fourth-order valence-electron chi connectivity index (χ4n) is 3.67. The van der Waals surface area contributed by atoms with Gasteiger partial charge in [-0.05, 0) is 61.6 Å². The van der Waals surface area contributed by atoms with Crippen molar-refractivity contribution in [1.82, 2.24) is 14.9 Å². The van der Waals surface area contributed by atoms with Crippen LogP contribution >= 0.6 is 0 Å². The minimum atomic E-state index is -3.64. The molecule has 2 amide bonds. The third kappa shape index (κ3) is 6.27. The Bertz CT molecular complexity index is 1030. The van der Waals surface area contributed by atoms with Gasteiger partial charge in [-0.15, -0.1) is 0 Å². The zero-order valence-electron chi connectivity index (χ0n) is 18.0. The van der Waals surface area contributed by atoms with E-state index in [4.69, 9.17) is 0 Å². The molecule has 2 aromatic carbocycles. The van der Waals surface area contributed by atoms with Crippen LogP contribution in [0, 0.1) is 0 Å². The number of carbonyl (C=O) groups is 2. The van der Waals surface area contributed by atoms with E-state index in [1.807, 2.05) is 18.2 Å². The van der Waals surface area contributed by atoms with Crippen LogP contribution in [0.15, 0.2) is 72.1 Å². The molecule has 1 heterocycles. The predicted molar refractivity (Wildman–Crippen MR) is 124 cm³/mol. The molecule has 0 bridgehead atoms. The van der Waals surface area contributed by atoms with E-state index in [0.717, 1.165) is 12.8 Å². The first kappa shape index (κ1) is 23.7. The molecule has 8 heteroatoms. The van der Waals surface area contributed by atoms with Crippen molar-refractivity contribution in [3.05, 3.63) is 78.4 Å². The van der Waals surface area contributed by atoms with Crippen LogP contribution in [0.3, 0.4) is 0 Å². The summed E-state index contributed by atoms with van der Waals surface area (Å²) >= 11 is 0. The molecular formula is C24H29N3O4S. The zero-order valence-corrected chi connectivity index (χ0v) is 18.8. The van der Waals surface area contributed by atoms with Crippen molar-refractivity contribution in [3.8, 4) is 0 Å². The highest BCUT2D eigenvalue weighted by Gasteiger charge is 2.29. The van der Waals surface area contributed by atoms with Gasteiger partial charge in [-0.2, -0.15) is 4.31 Å². The Labute approximate surface area is 189 Å². The zero-order chi connectivity index (χ0) is 23.0. The van der Waals surface area contributed by atoms with Crippen molar-refractivity contribution in [1.29, 1.82) is 0 Å². The summed E-state index contributed by atoms with van der Waals surface area (Å²) in [6, 6.07) is 16.0. The number of piperidine rings is 1. The smallest absolute Gasteiger partial charge is 0.251 e. The normalized spacial score (nSPS) is 15.1. The molecule has 0 spiro atoms. The van der Waals surface area contributed by atoms with E-state index >= 15 is 0 Å². The van der Waals surface area contributed by atoms with Crippen molar-refractivity contribution in [2.45, 2.75) is 36.6 Å². The molecule has 0 radical (unpaired) electrons. The fourth-order valence-corrected chi connectivity index (χ4v) is 5.14. The van der Waals surface area contributed by atoms with E-state index in [1.54, 1.807) is 0 Å². The molecule has 1 aliphatic heterocycles. The molecule has 0 saturated carbocycles. The van der Waals surface area contributed by atoms with Crippen LogP contribution in [-0.4, -0.2) is 50.2 Å². The number of aryl methyl sites for hydroxylation is 1. The van der Waals surface area contributed by atoms with Gasteiger partial charge < -0.3 is 10.6 Å². The summed E-state index contributed by atoms with van der Waals surface area (Å²) in [6.07, 6.45) is 4.01. The summed E-state index contributed by atoms with van der Waals surface area (Å²) < 4.78 is 27.3. The number of hydrogen-bond donors (Lipinski definition) is 2. The summed E-state index contributed by atoms with van der Waals surface area (Å²) in [4.78, 5) is 23.9. The first-order chi connectivity index (χ1) is 15.4. The Hall–Kier alpha value is -2.97. The maximum Gasteiger partial charge on any atom is 0.251 e. The summed E-state index contributed by atoms with van der Waals surface area (Å²) in [7, 11) is -3.64. The lowest BCUT2D eigenvalue weighted by molar-refractivity contribution is -0.117. The maximum absolute atomic E-state index is 12.9. The van der Waals surface area contributed by atoms with Crippen molar-refractivity contribution in [3.63, 3.8) is 0 Å². The molecule has 32 heavy (non-hydrogen) atoms. The second-order valence-corrected chi connectivity index (χ2v) is 9.70. The molecule has 0 aromatic heterocycles. The number of amides is 2. The SMILES string of the molecule is C=CC(=O)NC1CCN(S(=O)(=O)c2ccc(C(=O)NCCCc3ccccc3)cc2)CC1. The van der Waals surface area contributed by atoms with E-state index in [1.165, 1.54) is 40.2 Å². The number of hydrogen-bond acceptors (Lipinski definition) is 4. The van der Waals surface area contributed by atoms with Gasteiger partial charge in [0.15, 0.2) is 0 Å². The molecule has 1 aliphatic rings. The number of nitrogens with zero attached hydrogens (tertiary/aromatic N) is 1. The third-order valence-electron chi connectivity index (χ3n) is 5.51. The fraction of sp³-hybridized carbons (Fsp3) is 0.333. The molecule has 0 aliphatic carbocycles. The summed E-state index contributed by atoms with van der Waals surface area (Å²) in [6.45, 7) is 4.63. The Morgan fingerprint density at radius 3 is 2.31 bits per heavy atom. The van der Waals surface area contributed by atoms with Crippen molar-refractivity contribution in [2.24, 2.45) is 0 Å². The third-order valence-corrected chi connectivity index (χ3v) is 7.42. The summed E-state index contributed by atoms with van der Waals surface area (Å²) in [5.41, 5.74) is 1.65. The minimum absolute atomic E-state index is 0.0556. The number of sulfonamides is 1. The van der Waals surface area contributed by atoms with Crippen molar-refractivity contribution < 1.29 is 18.0 Å². The molecule has 1 fully saturated rings. The topological polar surface area (TPSA) is 95.6 Å². The van der Waals surface area contributed by atoms with Gasteiger partial charge in [0.2, 0.25) is 15.9 Å². The molecule has 1 saturated heterocycles. The molecule has 0 unspecified atom stereocenters. The average molecular weight is 456 g/mol. The highest BCUT2D eigenvalue weighted by Crippen LogP contribution is 2.21. The Morgan fingerprint density at radius 2 is 1.69 bits per heavy atom. The van der Waals surface area contributed by atoms with Crippen LogP contribution in [0.1, 0.15) is 35.2 Å². The van der Waals surface area contributed by atoms with Crippen LogP contribution in [0.25, 0.3) is 0 Å². The molecule has 7 nitrogen and oxygen atoms in total. The van der Waals surface area contributed by atoms with E-state index in [9.17, 15) is 18.0 Å². The van der Waals surface area contributed by atoms with Gasteiger partial charge in [0.1, 0.15) is 0 Å². The van der Waals surface area contributed by atoms with Crippen LogP contribution < -0.4 is 10.6 Å². The molecule has 2 aromatic rings. The van der Waals surface area contributed by atoms with E-state index in [2.05, 4.69) is 29.3 Å². The van der Waals surface area contributed by atoms with E-state index < -0.39 is 10.0 Å². The van der Waals surface area contributed by atoms with Gasteiger partial charge in [-0.1, -0.05) is 36.9 Å². The van der Waals surface area contributed by atoms with Crippen molar-refractivity contribution >= 4 is 21.8 Å². The van der Waals surface area contributed by atoms with Gasteiger partial charge in [-0.3, -0.25) is 9.59 Å². The summed E-state index contributed by atoms with van der Waals surface area (Å²) in [5, 5.41) is 5.68. The lowest BCUT2D eigenvalue weighted by Gasteiger charge is -2.31. The number of carbonyl (C=O) groups excluding carboxylic acids is 2. The molecule has 2 N–H and O–H groups in total. The van der Waals surface area contributed by atoms with Gasteiger partial charge in [0.25, 0.3) is 5.91 Å². The Kier molecular flexibility index (Phi) is 8.19. The highest BCUT2D eigenvalue weighted by molar-refractivity contribution is 7.89. The molecule has 0 atom stereocenters. The monoisotopic (exact) mass is 455 g/mol. The molecular weight excluding hydrogens is 426 g/mol. The van der Waals surface area contributed by atoms with E-state index in [0.29, 0.717) is 38.0 Å². The van der Waals surface area contributed by atoms with Gasteiger partial charge in [0, 0.05) is 31.2 Å². The first-order valence-electron chi connectivity index (χ1n) is 10.8. The van der Waals surface area contributed by atoms with Crippen LogP contribution in [-0.2, 0) is 21.2 Å². The van der Waals surface area contributed by atoms with Crippen LogP contribution in [0.2, 0.25) is 0 Å². The number of nitrogens with one attached hydrogen (secondary N) is 2. The second kappa shape index (κ2) is 11.1. The highest BCUT2D eigenvalue weighted by atomic mass is 32.2. The van der Waals surface area contributed by atoms with Crippen molar-refractivity contribution in [2.75, 3.05) is 19.6 Å². The van der Waals surface area contributed by atoms with Gasteiger partial charge in [-0.25, -0.2) is 8.42 Å². The van der Waals surface area contributed by atoms with E-state index in [-0.39, 0.29) is 22.8 Å². The number of benzene rings is 2. The Balaban J connectivity index is 1.50. The van der Waals surface area contributed by atoms with Crippen LogP contribution in [0.5, 0.6) is 0 Å². The molecule has 3 rings (SSSR count). The average Bonchev–Trinajstić information content (AvgIpc) is 2.82. The standard InChI is InChI=1S/C24H29N3O4S/c1-2-23(28)26-21-14-17-27(18-15-21)32(30,31)22-12-10-20(11-13-22)24(29)25-16-6-9-19-7-4-3-5-8-19/h2-5,7-8,10-13,21H,1,6,9,14-18H2,(H,25,29)(H,26,28). The largest absolute Gasteiger partial charge is 0.352 e. The summed E-state index contributed by atoms with van der Waals surface area (Å²) in [5.74, 6) is -0.471. The second-order valence-electron chi connectivity index (χ2n) is 7.76. The Morgan fingerprint density at radius 1 is 1.03 bits per heavy atom. The predicted octanol–water partition coefficient (Wildman–Crippen LogP) is 2.50. The van der Waals surface area contributed by atoms with Gasteiger partial charge in [0.05, 0.1) is 4.90 Å². The first-order valence-corrected chi connectivity index (χ1v) is 12.2. The van der Waals surface area contributed by atoms with Crippen LogP contribution in [0.4, 0.5) is 0 Å².